The number of rotatable bonds is 38. The Kier molecular flexibility index (Phi) is 27.6. The van der Waals surface area contributed by atoms with Crippen molar-refractivity contribution < 1.29 is 48.1 Å². The number of esters is 2. The number of carbonyl (C=O) groups excluding carboxylic acids is 6. The van der Waals surface area contributed by atoms with Crippen LogP contribution in [0.15, 0.2) is 48.5 Å². The van der Waals surface area contributed by atoms with E-state index < -0.39 is 42.6 Å². The Morgan fingerprint density at radius 1 is 0.750 bits per heavy atom. The van der Waals surface area contributed by atoms with E-state index in [1.54, 1.807) is 0 Å². The molecule has 0 aliphatic heterocycles. The standard InChI is InChI=1S/C54H79N7O10S/c1-4-6-8-9-10-11-12-13-14-15-16-17-18-27-49(66)70-35-41(71-38-63)36-72-37-45(53(67)59-44(34-62)54(68)69-3)57-48(65)26-21-25-47(64)56-32-39-28-30-40(31-29-39)33-61-46(24-7-5-2)60-50-51(61)42-22-19-20-23-43(42)58-52(50)55/h19-20,22-23,28-31,38,41,44-45,62H,4-18,21,24-27,32-37H2,1-3H3,(H2,55,58)(H,56,64)(H,57,65)(H,59,67)/t41-,44+,45?/m1/s1. The van der Waals surface area contributed by atoms with E-state index in [1.165, 1.54) is 57.8 Å². The second-order valence-electron chi connectivity index (χ2n) is 18.3. The molecule has 0 saturated carbocycles. The molecule has 4 aromatic rings. The van der Waals surface area contributed by atoms with Crippen molar-refractivity contribution in [3.05, 3.63) is 65.5 Å². The van der Waals surface area contributed by atoms with Crippen LogP contribution < -0.4 is 21.7 Å². The summed E-state index contributed by atoms with van der Waals surface area (Å²) in [5, 5.41) is 18.7. The van der Waals surface area contributed by atoms with Crippen LogP contribution in [0.2, 0.25) is 0 Å². The first-order chi connectivity index (χ1) is 35.0. The molecular weight excluding hydrogens is 939 g/mol. The van der Waals surface area contributed by atoms with Gasteiger partial charge in [0.05, 0.1) is 24.8 Å². The van der Waals surface area contributed by atoms with E-state index in [1.807, 2.05) is 48.5 Å². The van der Waals surface area contributed by atoms with Crippen molar-refractivity contribution in [2.75, 3.05) is 37.6 Å². The number of nitrogen functional groups attached to an aromatic ring is 1. The molecule has 18 heteroatoms. The third-order valence-electron chi connectivity index (χ3n) is 12.5. The summed E-state index contributed by atoms with van der Waals surface area (Å²) < 4.78 is 17.4. The van der Waals surface area contributed by atoms with Gasteiger partial charge in [0.2, 0.25) is 17.7 Å². The third kappa shape index (κ3) is 20.8. The Morgan fingerprint density at radius 3 is 2.04 bits per heavy atom. The van der Waals surface area contributed by atoms with Gasteiger partial charge < -0.3 is 45.6 Å². The van der Waals surface area contributed by atoms with Crippen molar-refractivity contribution in [3.8, 4) is 0 Å². The number of aliphatic hydroxyl groups is 1. The SMILES string of the molecule is CCCCCCCCCCCCCCCC(=O)OC[C@H](CSCC(NC(=O)CCCC(=O)NCc1ccc(Cn2c(CCCC)nc3c(N)nc4ccccc4c32)cc1)C(=O)N[C@@H](CO)C(=O)OC)OC=O. The molecule has 17 nitrogen and oxygen atoms in total. The van der Waals surface area contributed by atoms with Crippen LogP contribution >= 0.6 is 11.8 Å². The fraction of sp³-hybridized carbons (Fsp3) is 0.593. The number of nitrogens with one attached hydrogen (secondary N) is 3. The minimum Gasteiger partial charge on any atom is -0.467 e. The number of nitrogens with two attached hydrogens (primary N) is 1. The molecule has 3 atom stereocenters. The number of carbonyl (C=O) groups is 6. The Labute approximate surface area is 429 Å². The highest BCUT2D eigenvalue weighted by molar-refractivity contribution is 7.99. The van der Waals surface area contributed by atoms with Crippen LogP contribution in [0.3, 0.4) is 0 Å². The molecule has 2 heterocycles. The largest absolute Gasteiger partial charge is 0.467 e. The number of fused-ring (bicyclic) bond motifs is 3. The maximum Gasteiger partial charge on any atom is 0.330 e. The molecule has 4 rings (SSSR count). The molecular formula is C54H79N7O10S. The number of methoxy groups -OCH3 is 1. The Balaban J connectivity index is 1.20. The number of aliphatic hydroxyl groups excluding tert-OH is 1. The van der Waals surface area contributed by atoms with Gasteiger partial charge in [-0.1, -0.05) is 140 Å². The van der Waals surface area contributed by atoms with Crippen molar-refractivity contribution in [2.24, 2.45) is 0 Å². The Morgan fingerprint density at radius 2 is 1.39 bits per heavy atom. The van der Waals surface area contributed by atoms with Gasteiger partial charge in [0, 0.05) is 55.7 Å². The van der Waals surface area contributed by atoms with E-state index in [9.17, 15) is 33.9 Å². The molecule has 2 aromatic heterocycles. The fourth-order valence-corrected chi connectivity index (χ4v) is 9.40. The quantitative estimate of drug-likeness (QED) is 0.0125. The van der Waals surface area contributed by atoms with Gasteiger partial charge in [0.25, 0.3) is 6.47 Å². The summed E-state index contributed by atoms with van der Waals surface area (Å²) in [6, 6.07) is 13.4. The van der Waals surface area contributed by atoms with E-state index in [2.05, 4.69) is 44.1 Å². The predicted molar refractivity (Wildman–Crippen MR) is 282 cm³/mol. The summed E-state index contributed by atoms with van der Waals surface area (Å²) in [6.45, 7) is 4.60. The lowest BCUT2D eigenvalue weighted by atomic mass is 10.0. The molecule has 0 saturated heterocycles. The first-order valence-electron chi connectivity index (χ1n) is 26.0. The van der Waals surface area contributed by atoms with Gasteiger partial charge in [-0.2, -0.15) is 11.8 Å². The van der Waals surface area contributed by atoms with Gasteiger partial charge >= 0.3 is 11.9 Å². The summed E-state index contributed by atoms with van der Waals surface area (Å²) in [4.78, 5) is 84.8. The van der Waals surface area contributed by atoms with Crippen molar-refractivity contribution in [3.63, 3.8) is 0 Å². The van der Waals surface area contributed by atoms with E-state index in [4.69, 9.17) is 20.2 Å². The summed E-state index contributed by atoms with van der Waals surface area (Å²) in [5.74, 6) is -1.33. The van der Waals surface area contributed by atoms with Crippen LogP contribution in [0.1, 0.15) is 153 Å². The second-order valence-corrected chi connectivity index (χ2v) is 19.4. The number of thioether (sulfide) groups is 1. The van der Waals surface area contributed by atoms with Gasteiger partial charge in [0.1, 0.15) is 30.1 Å². The van der Waals surface area contributed by atoms with Crippen LogP contribution in [0, 0.1) is 0 Å². The van der Waals surface area contributed by atoms with Crippen molar-refractivity contribution in [1.29, 1.82) is 0 Å². The van der Waals surface area contributed by atoms with Crippen molar-refractivity contribution >= 4 is 75.6 Å². The van der Waals surface area contributed by atoms with Crippen molar-refractivity contribution in [1.82, 2.24) is 30.5 Å². The zero-order chi connectivity index (χ0) is 51.9. The maximum absolute atomic E-state index is 13.3. The topological polar surface area (TPSA) is 243 Å². The van der Waals surface area contributed by atoms with Gasteiger partial charge in [-0.05, 0) is 36.5 Å². The predicted octanol–water partition coefficient (Wildman–Crippen LogP) is 7.78. The number of anilines is 1. The number of hydrogen-bond acceptors (Lipinski definition) is 14. The lowest BCUT2D eigenvalue weighted by Crippen LogP contribution is -2.54. The molecule has 0 bridgehead atoms. The number of amides is 3. The lowest BCUT2D eigenvalue weighted by molar-refractivity contribution is -0.151. The number of aryl methyl sites for hydroxylation is 1. The molecule has 0 spiro atoms. The summed E-state index contributed by atoms with van der Waals surface area (Å²) in [5.41, 5.74) is 10.8. The van der Waals surface area contributed by atoms with Crippen LogP contribution in [0.25, 0.3) is 21.9 Å². The second kappa shape index (κ2) is 33.8. The summed E-state index contributed by atoms with van der Waals surface area (Å²) in [6.07, 6.45) is 17.9. The normalized spacial score (nSPS) is 12.5. The summed E-state index contributed by atoms with van der Waals surface area (Å²) in [7, 11) is 1.11. The third-order valence-corrected chi connectivity index (χ3v) is 13.7. The van der Waals surface area contributed by atoms with Crippen LogP contribution in [-0.4, -0.2) is 106 Å². The van der Waals surface area contributed by atoms with Gasteiger partial charge in [-0.15, -0.1) is 0 Å². The Bertz CT molecular complexity index is 2290. The maximum atomic E-state index is 13.3. The minimum absolute atomic E-state index is 0.0241. The molecule has 3 amide bonds. The molecule has 0 radical (unpaired) electrons. The monoisotopic (exact) mass is 1020 g/mol. The minimum atomic E-state index is -1.37. The van der Waals surface area contributed by atoms with Crippen LogP contribution in [0.5, 0.6) is 0 Å². The zero-order valence-corrected chi connectivity index (χ0v) is 43.6. The van der Waals surface area contributed by atoms with Gasteiger partial charge in [-0.3, -0.25) is 24.0 Å². The molecule has 72 heavy (non-hydrogen) atoms. The number of hydrogen-bond donors (Lipinski definition) is 5. The van der Waals surface area contributed by atoms with E-state index in [0.717, 1.165) is 90.8 Å². The number of pyridine rings is 1. The van der Waals surface area contributed by atoms with Crippen LogP contribution in [0.4, 0.5) is 5.82 Å². The number of benzene rings is 2. The first kappa shape index (κ1) is 58.8. The molecule has 0 fully saturated rings. The lowest BCUT2D eigenvalue weighted by Gasteiger charge is -2.22. The molecule has 1 unspecified atom stereocenters. The molecule has 2 aromatic carbocycles. The van der Waals surface area contributed by atoms with E-state index in [0.29, 0.717) is 24.3 Å². The summed E-state index contributed by atoms with van der Waals surface area (Å²) >= 11 is 1.15. The highest BCUT2D eigenvalue weighted by atomic mass is 32.2. The molecule has 0 aliphatic carbocycles. The highest BCUT2D eigenvalue weighted by Gasteiger charge is 2.28. The fourth-order valence-electron chi connectivity index (χ4n) is 8.36. The zero-order valence-electron chi connectivity index (χ0n) is 42.8. The Hall–Kier alpha value is -5.75. The number of nitrogens with zero attached hydrogens (tertiary/aromatic N) is 3. The number of para-hydroxylation sites is 1. The van der Waals surface area contributed by atoms with Crippen molar-refractivity contribution in [2.45, 2.75) is 174 Å². The highest BCUT2D eigenvalue weighted by Crippen LogP contribution is 2.30. The number of aromatic nitrogens is 3. The average Bonchev–Trinajstić information content (AvgIpc) is 3.75. The average molecular weight is 1020 g/mol. The first-order valence-corrected chi connectivity index (χ1v) is 27.2. The van der Waals surface area contributed by atoms with Gasteiger partial charge in [0.15, 0.2) is 11.9 Å². The molecule has 0 aliphatic rings. The molecule has 396 valence electrons. The van der Waals surface area contributed by atoms with Crippen LogP contribution in [-0.2, 0) is 62.5 Å². The van der Waals surface area contributed by atoms with E-state index >= 15 is 0 Å². The van der Waals surface area contributed by atoms with Gasteiger partial charge in [-0.25, -0.2) is 14.8 Å². The number of unbranched alkanes of at least 4 members (excludes halogenated alkanes) is 13. The molecule has 6 N–H and O–H groups in total. The number of ether oxygens (including phenoxy) is 3. The smallest absolute Gasteiger partial charge is 0.330 e. The number of imidazole rings is 1. The van der Waals surface area contributed by atoms with E-state index in [-0.39, 0.29) is 68.7 Å².